The molecule has 0 aromatic rings. The van der Waals surface area contributed by atoms with E-state index in [1.807, 2.05) is 27.7 Å². The van der Waals surface area contributed by atoms with Crippen molar-refractivity contribution in [3.05, 3.63) is 0 Å². The summed E-state index contributed by atoms with van der Waals surface area (Å²) >= 11 is 0. The number of carboxylic acid groups (broad SMARTS) is 1. The van der Waals surface area contributed by atoms with E-state index in [1.165, 1.54) is 0 Å². The molecule has 5 aliphatic rings. The van der Waals surface area contributed by atoms with E-state index in [4.69, 9.17) is 24.0 Å². The van der Waals surface area contributed by atoms with Gasteiger partial charge in [-0.3, -0.25) is 14.4 Å². The highest BCUT2D eigenvalue weighted by molar-refractivity contribution is 5.91. The third-order valence-electron chi connectivity index (χ3n) is 9.49. The van der Waals surface area contributed by atoms with E-state index in [0.29, 0.717) is 18.8 Å². The van der Waals surface area contributed by atoms with E-state index in [1.54, 1.807) is 13.8 Å². The summed E-state index contributed by atoms with van der Waals surface area (Å²) in [4.78, 5) is 62.0. The van der Waals surface area contributed by atoms with E-state index in [-0.39, 0.29) is 42.4 Å². The lowest BCUT2D eigenvalue weighted by Crippen LogP contribution is -2.70. The molecule has 1 spiro atoms. The molecule has 10 atom stereocenters. The summed E-state index contributed by atoms with van der Waals surface area (Å²) in [6, 6.07) is -2.01. The Bertz CT molecular complexity index is 1040. The van der Waals surface area contributed by atoms with Gasteiger partial charge in [-0.05, 0) is 56.3 Å². The number of carbonyl (C=O) groups excluding carboxylic acids is 3. The minimum absolute atomic E-state index is 0.00281. The van der Waals surface area contributed by atoms with Gasteiger partial charge in [-0.25, -0.2) is 14.6 Å². The van der Waals surface area contributed by atoms with E-state index < -0.39 is 59.8 Å². The second kappa shape index (κ2) is 12.8. The van der Waals surface area contributed by atoms with Crippen molar-refractivity contribution in [2.24, 2.45) is 35.5 Å². The fourth-order valence-electron chi connectivity index (χ4n) is 7.15. The smallest absolute Gasteiger partial charge is 0.326 e. The van der Waals surface area contributed by atoms with Gasteiger partial charge in [0.25, 0.3) is 0 Å². The second-order valence-corrected chi connectivity index (χ2v) is 13.6. The zero-order chi connectivity index (χ0) is 31.0. The highest BCUT2D eigenvalue weighted by Crippen LogP contribution is 2.60. The van der Waals surface area contributed by atoms with Crippen molar-refractivity contribution in [2.75, 3.05) is 0 Å². The maximum Gasteiger partial charge on any atom is 0.326 e. The molecule has 42 heavy (non-hydrogen) atoms. The van der Waals surface area contributed by atoms with Gasteiger partial charge in [0, 0.05) is 24.7 Å². The van der Waals surface area contributed by atoms with Gasteiger partial charge < -0.3 is 30.0 Å². The van der Waals surface area contributed by atoms with E-state index in [9.17, 15) is 24.3 Å². The lowest BCUT2D eigenvalue weighted by molar-refractivity contribution is -0.576. The van der Waals surface area contributed by atoms with Crippen molar-refractivity contribution in [1.29, 1.82) is 0 Å². The van der Waals surface area contributed by atoms with Crippen LogP contribution in [0, 0.1) is 35.5 Å². The molecule has 12 nitrogen and oxygen atoms in total. The Hall–Kier alpha value is -2.28. The van der Waals surface area contributed by atoms with Crippen LogP contribution in [0.15, 0.2) is 0 Å². The molecule has 5 fully saturated rings. The topological polar surface area (TPSA) is 159 Å². The van der Waals surface area contributed by atoms with Crippen LogP contribution in [-0.4, -0.2) is 64.9 Å². The number of carbonyl (C=O) groups is 4. The molecule has 5 rings (SSSR count). The molecule has 1 aliphatic carbocycles. The average molecular weight is 597 g/mol. The summed E-state index contributed by atoms with van der Waals surface area (Å²) in [5, 5.41) is 14.6. The lowest BCUT2D eigenvalue weighted by atomic mass is 9.58. The summed E-state index contributed by atoms with van der Waals surface area (Å²) < 4.78 is 18.3. The predicted molar refractivity (Wildman–Crippen MR) is 148 cm³/mol. The quantitative estimate of drug-likeness (QED) is 0.239. The van der Waals surface area contributed by atoms with Gasteiger partial charge in [0.2, 0.25) is 23.9 Å². The van der Waals surface area contributed by atoms with Crippen LogP contribution in [0.4, 0.5) is 0 Å². The molecule has 12 heteroatoms. The van der Waals surface area contributed by atoms with Crippen molar-refractivity contribution in [1.82, 2.24) is 10.6 Å². The number of hydrogen-bond donors (Lipinski definition) is 3. The molecular weight excluding hydrogens is 548 g/mol. The first-order chi connectivity index (χ1) is 19.7. The molecule has 0 aromatic heterocycles. The summed E-state index contributed by atoms with van der Waals surface area (Å²) in [5.41, 5.74) is -0.767. The van der Waals surface area contributed by atoms with Crippen molar-refractivity contribution in [3.8, 4) is 0 Å². The molecule has 0 aromatic carbocycles. The lowest BCUT2D eigenvalue weighted by Gasteiger charge is -2.59. The molecule has 1 saturated carbocycles. The second-order valence-electron chi connectivity index (χ2n) is 13.6. The Balaban J connectivity index is 1.35. The fraction of sp³-hybridized carbons (Fsp3) is 0.867. The molecule has 0 unspecified atom stereocenters. The molecule has 0 radical (unpaired) electrons. The maximum absolute atomic E-state index is 12.9. The van der Waals surface area contributed by atoms with Crippen LogP contribution in [0.25, 0.3) is 0 Å². The zero-order valence-corrected chi connectivity index (χ0v) is 25.8. The third kappa shape index (κ3) is 6.61. The van der Waals surface area contributed by atoms with Crippen LogP contribution >= 0.6 is 0 Å². The Morgan fingerprint density at radius 3 is 2.33 bits per heavy atom. The van der Waals surface area contributed by atoms with Crippen LogP contribution in [0.2, 0.25) is 0 Å². The molecule has 238 valence electrons. The Labute approximate surface area is 247 Å². The zero-order valence-electron chi connectivity index (χ0n) is 25.8. The van der Waals surface area contributed by atoms with Gasteiger partial charge in [0.05, 0.1) is 6.42 Å². The summed E-state index contributed by atoms with van der Waals surface area (Å²) in [7, 11) is 0. The minimum Gasteiger partial charge on any atom is -0.480 e. The number of ether oxygens (including phenoxy) is 3. The number of carboxylic acids is 1. The summed E-state index contributed by atoms with van der Waals surface area (Å²) in [5.74, 6) is -3.63. The predicted octanol–water partition coefficient (Wildman–Crippen LogP) is 3.27. The molecule has 2 amide bonds. The van der Waals surface area contributed by atoms with Gasteiger partial charge >= 0.3 is 11.9 Å². The number of esters is 1. The largest absolute Gasteiger partial charge is 0.480 e. The number of nitrogens with one attached hydrogen (secondary N) is 2. The van der Waals surface area contributed by atoms with Crippen molar-refractivity contribution in [3.63, 3.8) is 0 Å². The highest BCUT2D eigenvalue weighted by Gasteiger charge is 2.69. The van der Waals surface area contributed by atoms with Crippen LogP contribution in [0.1, 0.15) is 93.4 Å². The van der Waals surface area contributed by atoms with Crippen molar-refractivity contribution < 1.29 is 48.3 Å². The third-order valence-corrected chi connectivity index (χ3v) is 9.49. The van der Waals surface area contributed by atoms with E-state index in [2.05, 4.69) is 17.6 Å². The van der Waals surface area contributed by atoms with Gasteiger partial charge in [0.15, 0.2) is 11.9 Å². The first-order valence-electron chi connectivity index (χ1n) is 15.4. The van der Waals surface area contributed by atoms with Gasteiger partial charge in [-0.15, -0.1) is 0 Å². The number of aliphatic carboxylic acids is 1. The van der Waals surface area contributed by atoms with E-state index in [0.717, 1.165) is 19.3 Å². The Morgan fingerprint density at radius 2 is 1.69 bits per heavy atom. The number of fused-ring (bicyclic) bond motifs is 2. The van der Waals surface area contributed by atoms with Crippen LogP contribution < -0.4 is 10.6 Å². The normalized spacial score (nSPS) is 36.9. The monoisotopic (exact) mass is 596 g/mol. The standard InChI is InChI=1S/C30H48N2O10/c1-15(2)14-21(25(35)32-24(16(3)4)26(36)37)31-22(33)10-11-23(34)38-27-18(6)20-9-8-17(5)19-12-13-29(7)40-28(39-27)30(19,20)42-41-29/h15-21,24,27-28H,8-14H2,1-7H3,(H,31,33)(H,32,35)(H,36,37)/t17-,18-,19+,20+,21+,24+,27-,28-,29+,30-/m1/s1. The highest BCUT2D eigenvalue weighted by atomic mass is 17.3. The molecule has 4 heterocycles. The SMILES string of the molecule is CC(C)C[C@H](NC(=O)CCC(=O)O[C@@H]1O[C@@H]2O[C@]3(C)CC[C@H]4[C@H](C)CC[C@@H]([C@H]1C)[C@@]24OO3)C(=O)N[C@H](C(=O)O)C(C)C. The summed E-state index contributed by atoms with van der Waals surface area (Å²) in [6.45, 7) is 13.2. The number of amides is 2. The first kappa shape index (κ1) is 32.6. The van der Waals surface area contributed by atoms with Gasteiger partial charge in [-0.1, -0.05) is 41.5 Å². The maximum atomic E-state index is 12.9. The van der Waals surface area contributed by atoms with Crippen molar-refractivity contribution in [2.45, 2.75) is 129 Å². The summed E-state index contributed by atoms with van der Waals surface area (Å²) in [6.07, 6.45) is 1.73. The van der Waals surface area contributed by atoms with Crippen LogP contribution in [-0.2, 0) is 43.2 Å². The Morgan fingerprint density at radius 1 is 0.976 bits per heavy atom. The minimum atomic E-state index is -1.14. The molecular formula is C30H48N2O10. The van der Waals surface area contributed by atoms with Gasteiger partial charge in [-0.2, -0.15) is 0 Å². The first-order valence-corrected chi connectivity index (χ1v) is 15.4. The number of hydrogen-bond acceptors (Lipinski definition) is 9. The van der Waals surface area contributed by atoms with Crippen LogP contribution in [0.5, 0.6) is 0 Å². The Kier molecular flexibility index (Phi) is 9.91. The number of rotatable bonds is 11. The van der Waals surface area contributed by atoms with E-state index >= 15 is 0 Å². The van der Waals surface area contributed by atoms with Crippen molar-refractivity contribution >= 4 is 23.8 Å². The fourth-order valence-corrected chi connectivity index (χ4v) is 7.15. The molecule has 3 N–H and O–H groups in total. The molecule has 2 bridgehead atoms. The average Bonchev–Trinajstić information content (AvgIpc) is 3.13. The van der Waals surface area contributed by atoms with Crippen LogP contribution in [0.3, 0.4) is 0 Å². The van der Waals surface area contributed by atoms with Gasteiger partial charge in [0.1, 0.15) is 12.1 Å². The molecule has 4 aliphatic heterocycles. The molecule has 4 saturated heterocycles.